The second-order valence-corrected chi connectivity index (χ2v) is 3.94. The van der Waals surface area contributed by atoms with E-state index in [1.807, 2.05) is 19.1 Å². The summed E-state index contributed by atoms with van der Waals surface area (Å²) >= 11 is 0. The molecule has 0 aliphatic carbocycles. The molecular formula is C14H20O2. The normalized spacial score (nSPS) is 10.4. The number of ketones is 1. The predicted octanol–water partition coefficient (Wildman–Crippen LogP) is 2.79. The van der Waals surface area contributed by atoms with E-state index in [1.54, 1.807) is 0 Å². The molecule has 16 heavy (non-hydrogen) atoms. The monoisotopic (exact) mass is 220 g/mol. The zero-order valence-electron chi connectivity index (χ0n) is 10.2. The predicted molar refractivity (Wildman–Crippen MR) is 65.6 cm³/mol. The molecule has 0 aliphatic rings. The smallest absolute Gasteiger partial charge is 0.162 e. The number of Topliss-reactive ketones (excluding diaryl/α,β-unsaturated/α-hetero) is 1. The minimum absolute atomic E-state index is 0.151. The highest BCUT2D eigenvalue weighted by Crippen LogP contribution is 2.06. The quantitative estimate of drug-likeness (QED) is 0.660. The molecule has 1 aromatic rings. The molecule has 0 bridgehead atoms. The van der Waals surface area contributed by atoms with Gasteiger partial charge in [-0.25, -0.2) is 0 Å². The second kappa shape index (κ2) is 7.18. The van der Waals surface area contributed by atoms with Gasteiger partial charge in [0.25, 0.3) is 0 Å². The summed E-state index contributed by atoms with van der Waals surface area (Å²) in [6.45, 7) is 5.07. The van der Waals surface area contributed by atoms with Gasteiger partial charge in [0, 0.05) is 13.0 Å². The van der Waals surface area contributed by atoms with Crippen LogP contribution in [0.15, 0.2) is 24.3 Å². The molecule has 0 fully saturated rings. The van der Waals surface area contributed by atoms with E-state index in [1.165, 1.54) is 5.56 Å². The van der Waals surface area contributed by atoms with E-state index in [0.29, 0.717) is 13.0 Å². The van der Waals surface area contributed by atoms with Crippen molar-refractivity contribution in [2.24, 2.45) is 0 Å². The van der Waals surface area contributed by atoms with Gasteiger partial charge >= 0.3 is 0 Å². The first kappa shape index (κ1) is 12.9. The number of carbonyl (C=O) groups excluding carboxylic acids is 1. The number of benzene rings is 1. The molecule has 0 atom stereocenters. The number of carbonyl (C=O) groups is 1. The maximum Gasteiger partial charge on any atom is 0.162 e. The van der Waals surface area contributed by atoms with Gasteiger partial charge in [-0.2, -0.15) is 0 Å². The van der Waals surface area contributed by atoms with Crippen LogP contribution in [0.4, 0.5) is 0 Å². The zero-order chi connectivity index (χ0) is 11.8. The van der Waals surface area contributed by atoms with Crippen LogP contribution < -0.4 is 0 Å². The Morgan fingerprint density at radius 3 is 2.31 bits per heavy atom. The van der Waals surface area contributed by atoms with Crippen molar-refractivity contribution in [3.63, 3.8) is 0 Å². The highest BCUT2D eigenvalue weighted by atomic mass is 16.5. The molecule has 2 nitrogen and oxygen atoms in total. The van der Waals surface area contributed by atoms with Crippen molar-refractivity contribution in [3.05, 3.63) is 35.4 Å². The molecule has 0 N–H and O–H groups in total. The Hall–Kier alpha value is -1.15. The maximum absolute atomic E-state index is 11.5. The lowest BCUT2D eigenvalue weighted by Crippen LogP contribution is -2.11. The topological polar surface area (TPSA) is 26.3 Å². The van der Waals surface area contributed by atoms with Crippen LogP contribution in [0.25, 0.3) is 0 Å². The summed E-state index contributed by atoms with van der Waals surface area (Å²) < 4.78 is 5.21. The first-order valence-electron chi connectivity index (χ1n) is 5.93. The third kappa shape index (κ3) is 4.58. The Labute approximate surface area is 97.6 Å². The Balaban J connectivity index is 2.37. The van der Waals surface area contributed by atoms with Gasteiger partial charge in [0.1, 0.15) is 6.61 Å². The van der Waals surface area contributed by atoms with Gasteiger partial charge in [-0.15, -0.1) is 0 Å². The Bertz CT molecular complexity index is 314. The van der Waals surface area contributed by atoms with Gasteiger partial charge in [0.2, 0.25) is 0 Å². The van der Waals surface area contributed by atoms with E-state index in [9.17, 15) is 4.79 Å². The SMILES string of the molecule is CCCOCC(=O)Cc1ccc(CC)cc1. The van der Waals surface area contributed by atoms with Crippen LogP contribution in [-0.2, 0) is 22.4 Å². The molecule has 0 radical (unpaired) electrons. The maximum atomic E-state index is 11.5. The van der Waals surface area contributed by atoms with Crippen molar-refractivity contribution in [2.45, 2.75) is 33.1 Å². The van der Waals surface area contributed by atoms with Gasteiger partial charge in [-0.05, 0) is 24.0 Å². The van der Waals surface area contributed by atoms with Gasteiger partial charge in [-0.1, -0.05) is 38.1 Å². The van der Waals surface area contributed by atoms with Crippen molar-refractivity contribution < 1.29 is 9.53 Å². The number of hydrogen-bond donors (Lipinski definition) is 0. The van der Waals surface area contributed by atoms with Crippen LogP contribution >= 0.6 is 0 Å². The summed E-state index contributed by atoms with van der Waals surface area (Å²) in [5.41, 5.74) is 2.38. The van der Waals surface area contributed by atoms with E-state index in [4.69, 9.17) is 4.74 Å². The summed E-state index contributed by atoms with van der Waals surface area (Å²) in [5, 5.41) is 0. The van der Waals surface area contributed by atoms with E-state index < -0.39 is 0 Å². The van der Waals surface area contributed by atoms with Crippen LogP contribution in [0.1, 0.15) is 31.4 Å². The standard InChI is InChI=1S/C14H20O2/c1-3-9-16-11-14(15)10-13-7-5-12(4-2)6-8-13/h5-8H,3-4,9-11H2,1-2H3. The lowest BCUT2D eigenvalue weighted by molar-refractivity contribution is -0.122. The lowest BCUT2D eigenvalue weighted by Gasteiger charge is -2.03. The van der Waals surface area contributed by atoms with Gasteiger partial charge in [-0.3, -0.25) is 4.79 Å². The summed E-state index contributed by atoms with van der Waals surface area (Å²) in [6, 6.07) is 8.21. The molecule has 0 heterocycles. The number of aryl methyl sites for hydroxylation is 1. The molecule has 2 heteroatoms. The van der Waals surface area contributed by atoms with Crippen molar-refractivity contribution in [1.82, 2.24) is 0 Å². The van der Waals surface area contributed by atoms with Crippen LogP contribution in [0.5, 0.6) is 0 Å². The molecule has 0 unspecified atom stereocenters. The van der Waals surface area contributed by atoms with Crippen molar-refractivity contribution in [3.8, 4) is 0 Å². The molecule has 0 aliphatic heterocycles. The van der Waals surface area contributed by atoms with E-state index in [0.717, 1.165) is 18.4 Å². The third-order valence-corrected chi connectivity index (χ3v) is 2.44. The molecular weight excluding hydrogens is 200 g/mol. The van der Waals surface area contributed by atoms with Crippen molar-refractivity contribution >= 4 is 5.78 Å². The highest BCUT2D eigenvalue weighted by molar-refractivity contribution is 5.82. The Kier molecular flexibility index (Phi) is 5.79. The minimum atomic E-state index is 0.151. The first-order chi connectivity index (χ1) is 7.76. The van der Waals surface area contributed by atoms with Crippen LogP contribution in [0.3, 0.4) is 0 Å². The number of ether oxygens (including phenoxy) is 1. The second-order valence-electron chi connectivity index (χ2n) is 3.94. The molecule has 88 valence electrons. The number of rotatable bonds is 7. The molecule has 1 aromatic carbocycles. The van der Waals surface area contributed by atoms with E-state index in [2.05, 4.69) is 19.1 Å². The lowest BCUT2D eigenvalue weighted by atomic mass is 10.1. The summed E-state index contributed by atoms with van der Waals surface area (Å²) in [5.74, 6) is 0.151. The molecule has 1 rings (SSSR count). The average molecular weight is 220 g/mol. The minimum Gasteiger partial charge on any atom is -0.374 e. The fourth-order valence-corrected chi connectivity index (χ4v) is 1.50. The van der Waals surface area contributed by atoms with E-state index in [-0.39, 0.29) is 12.4 Å². The molecule has 0 spiro atoms. The van der Waals surface area contributed by atoms with Crippen LogP contribution in [0.2, 0.25) is 0 Å². The zero-order valence-corrected chi connectivity index (χ0v) is 10.2. The van der Waals surface area contributed by atoms with Gasteiger partial charge in [0.15, 0.2) is 5.78 Å². The first-order valence-corrected chi connectivity index (χ1v) is 5.93. The van der Waals surface area contributed by atoms with Gasteiger partial charge in [0.05, 0.1) is 0 Å². The molecule has 0 saturated heterocycles. The van der Waals surface area contributed by atoms with Crippen molar-refractivity contribution in [2.75, 3.05) is 13.2 Å². The highest BCUT2D eigenvalue weighted by Gasteiger charge is 2.03. The molecule has 0 aromatic heterocycles. The fourth-order valence-electron chi connectivity index (χ4n) is 1.50. The van der Waals surface area contributed by atoms with Crippen molar-refractivity contribution in [1.29, 1.82) is 0 Å². The summed E-state index contributed by atoms with van der Waals surface area (Å²) in [4.78, 5) is 11.5. The van der Waals surface area contributed by atoms with Crippen LogP contribution in [0, 0.1) is 0 Å². The molecule has 0 amide bonds. The Morgan fingerprint density at radius 1 is 1.12 bits per heavy atom. The summed E-state index contributed by atoms with van der Waals surface area (Å²) in [7, 11) is 0. The Morgan fingerprint density at radius 2 is 1.75 bits per heavy atom. The fraction of sp³-hybridized carbons (Fsp3) is 0.500. The summed E-state index contributed by atoms with van der Waals surface area (Å²) in [6.07, 6.45) is 2.47. The average Bonchev–Trinajstić information content (AvgIpc) is 2.30. The van der Waals surface area contributed by atoms with Crippen LogP contribution in [-0.4, -0.2) is 19.0 Å². The van der Waals surface area contributed by atoms with E-state index >= 15 is 0 Å². The molecule has 0 saturated carbocycles. The third-order valence-electron chi connectivity index (χ3n) is 2.44. The number of hydrogen-bond acceptors (Lipinski definition) is 2. The largest absolute Gasteiger partial charge is 0.374 e. The van der Waals surface area contributed by atoms with Gasteiger partial charge < -0.3 is 4.74 Å².